The molecule has 1 aromatic heterocycles. The molecular weight excluding hydrogens is 214 g/mol. The Morgan fingerprint density at radius 1 is 1.18 bits per heavy atom. The van der Waals surface area contributed by atoms with E-state index in [0.717, 1.165) is 16.9 Å². The Morgan fingerprint density at radius 3 is 2.18 bits per heavy atom. The van der Waals surface area contributed by atoms with Crippen molar-refractivity contribution in [2.45, 2.75) is 6.92 Å². The minimum atomic E-state index is 0.486. The molecule has 17 heavy (non-hydrogen) atoms. The van der Waals surface area contributed by atoms with Crippen LogP contribution in [0.3, 0.4) is 0 Å². The number of nitrogens with zero attached hydrogens (tertiary/aromatic N) is 3. The molecular formula is C12H17N5. The zero-order chi connectivity index (χ0) is 12.6. The van der Waals surface area contributed by atoms with Crippen LogP contribution in [0.1, 0.15) is 5.82 Å². The first-order valence-corrected chi connectivity index (χ1v) is 5.38. The number of rotatable bonds is 2. The highest BCUT2D eigenvalue weighted by atomic mass is 15.4. The molecule has 0 aliphatic rings. The third-order valence-electron chi connectivity index (χ3n) is 2.78. The smallest absolute Gasteiger partial charge is 0.150 e. The van der Waals surface area contributed by atoms with E-state index in [2.05, 4.69) is 4.98 Å². The molecule has 0 atom stereocenters. The fourth-order valence-corrected chi connectivity index (χ4v) is 1.69. The van der Waals surface area contributed by atoms with Gasteiger partial charge in [-0.2, -0.15) is 0 Å². The van der Waals surface area contributed by atoms with Crippen LogP contribution in [0.25, 0.3) is 11.3 Å². The third kappa shape index (κ3) is 1.91. The van der Waals surface area contributed by atoms with Gasteiger partial charge in [0.15, 0.2) is 5.82 Å². The third-order valence-corrected chi connectivity index (χ3v) is 2.78. The molecule has 0 aliphatic heterocycles. The van der Waals surface area contributed by atoms with Crippen molar-refractivity contribution in [2.75, 3.05) is 30.6 Å². The maximum atomic E-state index is 5.90. The number of benzene rings is 1. The quantitative estimate of drug-likeness (QED) is 0.762. The van der Waals surface area contributed by atoms with E-state index < -0.39 is 0 Å². The van der Waals surface area contributed by atoms with Crippen molar-refractivity contribution in [3.8, 4) is 11.3 Å². The number of nitrogens with two attached hydrogens (primary N) is 2. The topological polar surface area (TPSA) is 73.1 Å². The van der Waals surface area contributed by atoms with Gasteiger partial charge in [-0.3, -0.25) is 0 Å². The average molecular weight is 231 g/mol. The first kappa shape index (κ1) is 11.3. The molecule has 5 heteroatoms. The first-order valence-electron chi connectivity index (χ1n) is 5.38. The zero-order valence-electron chi connectivity index (χ0n) is 10.3. The summed E-state index contributed by atoms with van der Waals surface area (Å²) in [6.07, 6.45) is 0. The monoisotopic (exact) mass is 231 g/mol. The normalized spacial score (nSPS) is 10.5. The van der Waals surface area contributed by atoms with Crippen molar-refractivity contribution in [2.24, 2.45) is 0 Å². The van der Waals surface area contributed by atoms with Crippen LogP contribution in [0.15, 0.2) is 24.3 Å². The van der Waals surface area contributed by atoms with Gasteiger partial charge in [-0.15, -0.1) is 0 Å². The van der Waals surface area contributed by atoms with E-state index in [1.54, 1.807) is 0 Å². The van der Waals surface area contributed by atoms with Gasteiger partial charge in [-0.25, -0.2) is 9.66 Å². The van der Waals surface area contributed by atoms with Gasteiger partial charge in [0.25, 0.3) is 0 Å². The molecule has 0 amide bonds. The van der Waals surface area contributed by atoms with E-state index >= 15 is 0 Å². The lowest BCUT2D eigenvalue weighted by Crippen LogP contribution is -2.13. The highest BCUT2D eigenvalue weighted by Crippen LogP contribution is 2.26. The average Bonchev–Trinajstić information content (AvgIpc) is 2.57. The lowest BCUT2D eigenvalue weighted by Gasteiger charge is -2.12. The van der Waals surface area contributed by atoms with E-state index in [-0.39, 0.29) is 0 Å². The summed E-state index contributed by atoms with van der Waals surface area (Å²) in [5.41, 5.74) is 8.74. The number of imidazole rings is 1. The highest BCUT2D eigenvalue weighted by Gasteiger charge is 2.11. The Hall–Kier alpha value is -2.17. The number of aromatic nitrogens is 2. The van der Waals surface area contributed by atoms with Crippen LogP contribution in [0, 0.1) is 6.92 Å². The summed E-state index contributed by atoms with van der Waals surface area (Å²) in [5.74, 6) is 6.93. The van der Waals surface area contributed by atoms with Crippen LogP contribution in [-0.4, -0.2) is 23.8 Å². The van der Waals surface area contributed by atoms with E-state index in [9.17, 15) is 0 Å². The molecule has 4 N–H and O–H groups in total. The molecule has 0 aliphatic carbocycles. The SMILES string of the molecule is Cc1nc(-c2ccc(N(C)C)cc2)c(N)n1N. The number of hydrogen-bond donors (Lipinski definition) is 2. The van der Waals surface area contributed by atoms with Crippen LogP contribution in [0.2, 0.25) is 0 Å². The van der Waals surface area contributed by atoms with Gasteiger partial charge in [0.1, 0.15) is 11.5 Å². The van der Waals surface area contributed by atoms with Crippen molar-refractivity contribution in [3.05, 3.63) is 30.1 Å². The van der Waals surface area contributed by atoms with Gasteiger partial charge in [0, 0.05) is 25.3 Å². The van der Waals surface area contributed by atoms with Crippen LogP contribution in [-0.2, 0) is 0 Å². The number of aryl methyl sites for hydroxylation is 1. The van der Waals surface area contributed by atoms with Crippen molar-refractivity contribution < 1.29 is 0 Å². The largest absolute Gasteiger partial charge is 0.382 e. The van der Waals surface area contributed by atoms with Crippen LogP contribution >= 0.6 is 0 Å². The lowest BCUT2D eigenvalue weighted by molar-refractivity contribution is 0.937. The van der Waals surface area contributed by atoms with Gasteiger partial charge in [-0.05, 0) is 19.1 Å². The molecule has 0 radical (unpaired) electrons. The van der Waals surface area contributed by atoms with Crippen LogP contribution in [0.5, 0.6) is 0 Å². The minimum Gasteiger partial charge on any atom is -0.382 e. The Balaban J connectivity index is 2.43. The van der Waals surface area contributed by atoms with Crippen LogP contribution < -0.4 is 16.5 Å². The molecule has 0 unspecified atom stereocenters. The molecule has 2 rings (SSSR count). The van der Waals surface area contributed by atoms with E-state index in [0.29, 0.717) is 11.6 Å². The second-order valence-electron chi connectivity index (χ2n) is 4.20. The Labute approximate surface area is 101 Å². The predicted octanol–water partition coefficient (Wildman–Crippen LogP) is 1.22. The summed E-state index contributed by atoms with van der Waals surface area (Å²) in [7, 11) is 4.00. The fraction of sp³-hybridized carbons (Fsp3) is 0.250. The van der Waals surface area contributed by atoms with Crippen molar-refractivity contribution in [1.82, 2.24) is 9.66 Å². The summed E-state index contributed by atoms with van der Waals surface area (Å²) in [5, 5.41) is 0. The molecule has 0 spiro atoms. The number of nitrogen functional groups attached to an aromatic ring is 2. The first-order chi connectivity index (χ1) is 8.00. The molecule has 5 nitrogen and oxygen atoms in total. The Kier molecular flexibility index (Phi) is 2.67. The molecule has 0 bridgehead atoms. The van der Waals surface area contributed by atoms with Crippen molar-refractivity contribution in [1.29, 1.82) is 0 Å². The van der Waals surface area contributed by atoms with Gasteiger partial charge in [0.05, 0.1) is 0 Å². The van der Waals surface area contributed by atoms with E-state index in [4.69, 9.17) is 11.6 Å². The maximum absolute atomic E-state index is 5.90. The maximum Gasteiger partial charge on any atom is 0.150 e. The molecule has 0 fully saturated rings. The molecule has 0 saturated carbocycles. The summed E-state index contributed by atoms with van der Waals surface area (Å²) in [6.45, 7) is 1.83. The Morgan fingerprint density at radius 2 is 1.76 bits per heavy atom. The van der Waals surface area contributed by atoms with Gasteiger partial charge in [-0.1, -0.05) is 12.1 Å². The highest BCUT2D eigenvalue weighted by molar-refractivity contribution is 5.72. The van der Waals surface area contributed by atoms with Gasteiger partial charge in [0.2, 0.25) is 0 Å². The molecule has 1 heterocycles. The molecule has 90 valence electrons. The van der Waals surface area contributed by atoms with Gasteiger partial charge >= 0.3 is 0 Å². The van der Waals surface area contributed by atoms with Crippen molar-refractivity contribution >= 4 is 11.5 Å². The van der Waals surface area contributed by atoms with Crippen LogP contribution in [0.4, 0.5) is 11.5 Å². The Bertz CT molecular complexity index is 525. The minimum absolute atomic E-state index is 0.486. The predicted molar refractivity (Wildman–Crippen MR) is 71.3 cm³/mol. The molecule has 0 saturated heterocycles. The summed E-state index contributed by atoms with van der Waals surface area (Å²) >= 11 is 0. The van der Waals surface area contributed by atoms with Gasteiger partial charge < -0.3 is 16.5 Å². The van der Waals surface area contributed by atoms with E-state index in [1.807, 2.05) is 50.2 Å². The van der Waals surface area contributed by atoms with Crippen molar-refractivity contribution in [3.63, 3.8) is 0 Å². The standard InChI is InChI=1S/C12H17N5/c1-8-15-11(12(13)17(8)14)9-4-6-10(7-5-9)16(2)3/h4-7H,13-14H2,1-3H3. The fourth-order valence-electron chi connectivity index (χ4n) is 1.69. The number of hydrogen-bond acceptors (Lipinski definition) is 4. The molecule has 1 aromatic carbocycles. The summed E-state index contributed by atoms with van der Waals surface area (Å²) < 4.78 is 1.40. The second-order valence-corrected chi connectivity index (χ2v) is 4.20. The number of anilines is 2. The second kappa shape index (κ2) is 4.01. The van der Waals surface area contributed by atoms with E-state index in [1.165, 1.54) is 4.68 Å². The zero-order valence-corrected chi connectivity index (χ0v) is 10.3. The summed E-state index contributed by atoms with van der Waals surface area (Å²) in [6, 6.07) is 8.04. The lowest BCUT2D eigenvalue weighted by atomic mass is 10.1. The summed E-state index contributed by atoms with van der Waals surface area (Å²) in [4.78, 5) is 6.40. The molecule has 2 aromatic rings.